The number of hydrogen-bond donors (Lipinski definition) is 1. The molecule has 1 heterocycles. The van der Waals surface area contributed by atoms with Crippen LogP contribution in [0.25, 0.3) is 0 Å². The number of hydrogen-bond acceptors (Lipinski definition) is 4. The molecule has 2 rings (SSSR count). The number of aliphatic hydroxyl groups is 1. The maximum Gasteiger partial charge on any atom is 0.306 e. The Balaban J connectivity index is 2.11. The van der Waals surface area contributed by atoms with Crippen molar-refractivity contribution in [1.82, 2.24) is 0 Å². The lowest BCUT2D eigenvalue weighted by Gasteiger charge is -2.38. The molecule has 0 aliphatic carbocycles. The van der Waals surface area contributed by atoms with Gasteiger partial charge in [-0.25, -0.2) is 0 Å². The minimum absolute atomic E-state index is 0.00206. The molecule has 0 saturated carbocycles. The normalized spacial score (nSPS) is 30.2. The van der Waals surface area contributed by atoms with Gasteiger partial charge in [-0.2, -0.15) is 0 Å². The van der Waals surface area contributed by atoms with E-state index in [1.165, 1.54) is 0 Å². The molecule has 0 spiro atoms. The number of rotatable bonds is 5. The molecular weight excluding hydrogens is 292 g/mol. The van der Waals surface area contributed by atoms with E-state index in [0.29, 0.717) is 13.0 Å². The van der Waals surface area contributed by atoms with Gasteiger partial charge >= 0.3 is 5.97 Å². The third-order valence-electron chi connectivity index (χ3n) is 4.80. The van der Waals surface area contributed by atoms with Gasteiger partial charge in [0.15, 0.2) is 0 Å². The number of benzene rings is 1. The van der Waals surface area contributed by atoms with E-state index in [-0.39, 0.29) is 42.5 Å². The van der Waals surface area contributed by atoms with Crippen molar-refractivity contribution in [3.63, 3.8) is 0 Å². The Bertz CT molecular complexity index is 487. The van der Waals surface area contributed by atoms with Gasteiger partial charge in [0.2, 0.25) is 0 Å². The topological polar surface area (TPSA) is 55.8 Å². The molecule has 1 saturated heterocycles. The van der Waals surface area contributed by atoms with Crippen molar-refractivity contribution >= 4 is 5.97 Å². The summed E-state index contributed by atoms with van der Waals surface area (Å²) in [4.78, 5) is 11.9. The van der Waals surface area contributed by atoms with Crippen LogP contribution in [-0.4, -0.2) is 29.9 Å². The Morgan fingerprint density at radius 1 is 1.30 bits per heavy atom. The van der Waals surface area contributed by atoms with Crippen LogP contribution in [0.15, 0.2) is 30.3 Å². The fraction of sp³-hybridized carbons (Fsp3) is 0.632. The van der Waals surface area contributed by atoms with Gasteiger partial charge in [0.05, 0.1) is 12.7 Å². The number of aliphatic hydroxyl groups excluding tert-OH is 1. The van der Waals surface area contributed by atoms with Crippen molar-refractivity contribution in [3.8, 4) is 0 Å². The number of carbonyl (C=O) groups excluding carboxylic acids is 1. The van der Waals surface area contributed by atoms with Crippen LogP contribution in [-0.2, 0) is 20.9 Å². The van der Waals surface area contributed by atoms with Gasteiger partial charge < -0.3 is 14.6 Å². The van der Waals surface area contributed by atoms with E-state index in [0.717, 1.165) is 12.0 Å². The summed E-state index contributed by atoms with van der Waals surface area (Å²) < 4.78 is 11.8. The van der Waals surface area contributed by atoms with E-state index >= 15 is 0 Å². The second kappa shape index (κ2) is 8.46. The molecule has 1 fully saturated rings. The van der Waals surface area contributed by atoms with E-state index in [4.69, 9.17) is 9.47 Å². The standard InChI is InChI=1S/C19H28O4/c1-13-9-10-17(21)23-19(14(2)11-20)15(3)18(13)22-12-16-7-5-4-6-8-16/h4-8,13-15,18-20H,9-12H2,1-3H3/t13-,14-,15-,18-,19-/m0/s1. The largest absolute Gasteiger partial charge is 0.462 e. The fourth-order valence-electron chi connectivity index (χ4n) is 3.35. The molecule has 0 aromatic heterocycles. The number of carbonyl (C=O) groups is 1. The van der Waals surface area contributed by atoms with E-state index in [1.807, 2.05) is 37.3 Å². The highest BCUT2D eigenvalue weighted by Crippen LogP contribution is 2.32. The van der Waals surface area contributed by atoms with Crippen LogP contribution >= 0.6 is 0 Å². The van der Waals surface area contributed by atoms with Crippen LogP contribution in [0.5, 0.6) is 0 Å². The molecule has 1 aliphatic rings. The average molecular weight is 320 g/mol. The van der Waals surface area contributed by atoms with Crippen molar-refractivity contribution in [3.05, 3.63) is 35.9 Å². The van der Waals surface area contributed by atoms with Gasteiger partial charge in [0.1, 0.15) is 6.10 Å². The Kier molecular flexibility index (Phi) is 6.60. The van der Waals surface area contributed by atoms with E-state index < -0.39 is 0 Å². The van der Waals surface area contributed by atoms with Crippen molar-refractivity contribution in [2.24, 2.45) is 17.8 Å². The summed E-state index contributed by atoms with van der Waals surface area (Å²) in [6.45, 7) is 6.65. The van der Waals surface area contributed by atoms with Crippen molar-refractivity contribution in [1.29, 1.82) is 0 Å². The summed E-state index contributed by atoms with van der Waals surface area (Å²) in [6, 6.07) is 10.1. The lowest BCUT2D eigenvalue weighted by molar-refractivity contribution is -0.168. The molecule has 4 heteroatoms. The number of esters is 1. The molecule has 0 amide bonds. The molecule has 1 aromatic carbocycles. The van der Waals surface area contributed by atoms with E-state index in [9.17, 15) is 9.90 Å². The van der Waals surface area contributed by atoms with Crippen LogP contribution in [0.2, 0.25) is 0 Å². The van der Waals surface area contributed by atoms with Crippen LogP contribution in [0.1, 0.15) is 39.2 Å². The molecule has 0 radical (unpaired) electrons. The zero-order chi connectivity index (χ0) is 16.8. The highest BCUT2D eigenvalue weighted by atomic mass is 16.5. The first kappa shape index (κ1) is 18.0. The Hall–Kier alpha value is -1.39. The molecule has 1 N–H and O–H groups in total. The fourth-order valence-corrected chi connectivity index (χ4v) is 3.35. The lowest BCUT2D eigenvalue weighted by Crippen LogP contribution is -2.44. The first-order valence-corrected chi connectivity index (χ1v) is 8.48. The van der Waals surface area contributed by atoms with Crippen molar-refractivity contribution < 1.29 is 19.4 Å². The number of ether oxygens (including phenoxy) is 2. The summed E-state index contributed by atoms with van der Waals surface area (Å²) in [5.74, 6) is 0.0488. The smallest absolute Gasteiger partial charge is 0.306 e. The summed E-state index contributed by atoms with van der Waals surface area (Å²) in [7, 11) is 0. The van der Waals surface area contributed by atoms with Crippen LogP contribution in [0.3, 0.4) is 0 Å². The molecule has 128 valence electrons. The minimum atomic E-state index is -0.309. The molecule has 23 heavy (non-hydrogen) atoms. The quantitative estimate of drug-likeness (QED) is 0.847. The minimum Gasteiger partial charge on any atom is -0.462 e. The van der Waals surface area contributed by atoms with Crippen LogP contribution in [0, 0.1) is 17.8 Å². The highest BCUT2D eigenvalue weighted by molar-refractivity contribution is 5.69. The monoisotopic (exact) mass is 320 g/mol. The lowest BCUT2D eigenvalue weighted by atomic mass is 9.81. The van der Waals surface area contributed by atoms with Gasteiger partial charge in [-0.1, -0.05) is 51.1 Å². The van der Waals surface area contributed by atoms with Gasteiger partial charge in [-0.15, -0.1) is 0 Å². The molecule has 5 atom stereocenters. The predicted octanol–water partition coefficient (Wildman–Crippen LogP) is 3.18. The summed E-state index contributed by atoms with van der Waals surface area (Å²) in [6.07, 6.45) is 0.870. The van der Waals surface area contributed by atoms with Crippen molar-refractivity contribution in [2.75, 3.05) is 6.61 Å². The first-order chi connectivity index (χ1) is 11.0. The molecule has 0 bridgehead atoms. The zero-order valence-electron chi connectivity index (χ0n) is 14.3. The second-order valence-corrected chi connectivity index (χ2v) is 6.75. The van der Waals surface area contributed by atoms with E-state index in [2.05, 4.69) is 13.8 Å². The van der Waals surface area contributed by atoms with Gasteiger partial charge in [0.25, 0.3) is 0 Å². The van der Waals surface area contributed by atoms with Crippen LogP contribution in [0.4, 0.5) is 0 Å². The third-order valence-corrected chi connectivity index (χ3v) is 4.80. The molecule has 1 aliphatic heterocycles. The van der Waals surface area contributed by atoms with Crippen LogP contribution < -0.4 is 0 Å². The predicted molar refractivity (Wildman–Crippen MR) is 88.7 cm³/mol. The maximum atomic E-state index is 11.9. The van der Waals surface area contributed by atoms with Gasteiger partial charge in [-0.05, 0) is 17.9 Å². The maximum absolute atomic E-state index is 11.9. The molecule has 4 nitrogen and oxygen atoms in total. The van der Waals surface area contributed by atoms with Gasteiger partial charge in [-0.3, -0.25) is 4.79 Å². The van der Waals surface area contributed by atoms with Crippen molar-refractivity contribution in [2.45, 2.75) is 52.4 Å². The zero-order valence-corrected chi connectivity index (χ0v) is 14.3. The Morgan fingerprint density at radius 2 is 2.00 bits per heavy atom. The SMILES string of the molecule is C[C@H]1[C@@H](OCc2ccccc2)[C@@H](C)CCC(=O)O[C@H]1[C@@H](C)CO. The van der Waals surface area contributed by atoms with Gasteiger partial charge in [0, 0.05) is 24.9 Å². The number of cyclic esters (lactones) is 1. The second-order valence-electron chi connectivity index (χ2n) is 6.75. The molecule has 0 unspecified atom stereocenters. The van der Waals surface area contributed by atoms with E-state index in [1.54, 1.807) is 0 Å². The summed E-state index contributed by atoms with van der Waals surface area (Å²) >= 11 is 0. The first-order valence-electron chi connectivity index (χ1n) is 8.48. The molecule has 1 aromatic rings. The Morgan fingerprint density at radius 3 is 2.65 bits per heavy atom. The summed E-state index contributed by atoms with van der Waals surface area (Å²) in [5, 5.41) is 9.48. The average Bonchev–Trinajstić information content (AvgIpc) is 2.57. The highest BCUT2D eigenvalue weighted by Gasteiger charge is 2.37. The molecular formula is C19H28O4. The third kappa shape index (κ3) is 4.79. The summed E-state index contributed by atoms with van der Waals surface area (Å²) in [5.41, 5.74) is 1.14. The Labute approximate surface area is 138 Å².